The fourth-order valence-corrected chi connectivity index (χ4v) is 2.88. The van der Waals surface area contributed by atoms with Crippen LogP contribution in [0.25, 0.3) is 6.08 Å². The number of esters is 1. The van der Waals surface area contributed by atoms with Crippen LogP contribution >= 0.6 is 0 Å². The number of benzene rings is 2. The SMILES string of the molecule is COC(=O)[C@@H](/C=C/c1ccccc1)C1(c2ccccc2)OCCO1. The first-order chi connectivity index (χ1) is 11.8. The van der Waals surface area contributed by atoms with Crippen molar-refractivity contribution in [2.24, 2.45) is 5.92 Å². The molecule has 1 saturated heterocycles. The Bertz CT molecular complexity index is 688. The highest BCUT2D eigenvalue weighted by Gasteiger charge is 2.49. The lowest BCUT2D eigenvalue weighted by molar-refractivity contribution is -0.206. The monoisotopic (exact) mass is 324 g/mol. The molecule has 0 aromatic heterocycles. The minimum absolute atomic E-state index is 0.395. The van der Waals surface area contributed by atoms with E-state index in [0.717, 1.165) is 11.1 Å². The number of carbonyl (C=O) groups is 1. The van der Waals surface area contributed by atoms with Crippen molar-refractivity contribution >= 4 is 12.0 Å². The Kier molecular flexibility index (Phi) is 5.08. The normalized spacial score (nSPS) is 17.7. The standard InChI is InChI=1S/C20H20O4/c1-22-19(21)18(13-12-16-8-4-2-5-9-16)20(23-14-15-24-20)17-10-6-3-7-11-17/h2-13,18H,14-15H2,1H3/b13-12+/t18-/m1/s1. The van der Waals surface area contributed by atoms with Gasteiger partial charge in [-0.15, -0.1) is 0 Å². The molecule has 2 aromatic carbocycles. The lowest BCUT2D eigenvalue weighted by atomic mass is 9.90. The van der Waals surface area contributed by atoms with Crippen molar-refractivity contribution in [3.63, 3.8) is 0 Å². The molecule has 0 amide bonds. The molecule has 4 heteroatoms. The van der Waals surface area contributed by atoms with Crippen LogP contribution in [-0.4, -0.2) is 26.3 Å². The third-order valence-electron chi connectivity index (χ3n) is 4.04. The summed E-state index contributed by atoms with van der Waals surface area (Å²) in [5.74, 6) is -2.25. The van der Waals surface area contributed by atoms with Crippen LogP contribution in [0.15, 0.2) is 66.7 Å². The highest BCUT2D eigenvalue weighted by atomic mass is 16.7. The first-order valence-corrected chi connectivity index (χ1v) is 7.91. The Morgan fingerprint density at radius 2 is 1.62 bits per heavy atom. The van der Waals surface area contributed by atoms with E-state index in [4.69, 9.17) is 14.2 Å². The van der Waals surface area contributed by atoms with Crippen LogP contribution in [0, 0.1) is 5.92 Å². The van der Waals surface area contributed by atoms with E-state index in [1.54, 1.807) is 6.08 Å². The van der Waals surface area contributed by atoms with Crippen molar-refractivity contribution in [1.82, 2.24) is 0 Å². The average Bonchev–Trinajstić information content (AvgIpc) is 3.14. The molecule has 4 nitrogen and oxygen atoms in total. The molecule has 0 bridgehead atoms. The van der Waals surface area contributed by atoms with Gasteiger partial charge in [0.1, 0.15) is 5.92 Å². The number of methoxy groups -OCH3 is 1. The molecule has 0 saturated carbocycles. The maximum Gasteiger partial charge on any atom is 0.318 e. The quantitative estimate of drug-likeness (QED) is 0.791. The summed E-state index contributed by atoms with van der Waals surface area (Å²) in [7, 11) is 1.37. The van der Waals surface area contributed by atoms with Crippen molar-refractivity contribution in [1.29, 1.82) is 0 Å². The highest BCUT2D eigenvalue weighted by Crippen LogP contribution is 2.40. The Morgan fingerprint density at radius 1 is 1.04 bits per heavy atom. The second kappa shape index (κ2) is 7.43. The van der Waals surface area contributed by atoms with Crippen molar-refractivity contribution in [3.05, 3.63) is 77.9 Å². The fraction of sp³-hybridized carbons (Fsp3) is 0.250. The third kappa shape index (κ3) is 3.25. The average molecular weight is 324 g/mol. The van der Waals surface area contributed by atoms with Gasteiger partial charge in [-0.3, -0.25) is 4.79 Å². The number of rotatable bonds is 5. The third-order valence-corrected chi connectivity index (χ3v) is 4.04. The lowest BCUT2D eigenvalue weighted by Gasteiger charge is -2.32. The van der Waals surface area contributed by atoms with Crippen LogP contribution in [0.5, 0.6) is 0 Å². The van der Waals surface area contributed by atoms with Gasteiger partial charge in [-0.1, -0.05) is 72.8 Å². The van der Waals surface area contributed by atoms with Gasteiger partial charge >= 0.3 is 5.97 Å². The largest absolute Gasteiger partial charge is 0.468 e. The molecule has 1 heterocycles. The van der Waals surface area contributed by atoms with Crippen molar-refractivity contribution in [2.75, 3.05) is 20.3 Å². The van der Waals surface area contributed by atoms with Crippen molar-refractivity contribution < 1.29 is 19.0 Å². The van der Waals surface area contributed by atoms with E-state index in [1.807, 2.05) is 66.7 Å². The molecule has 0 N–H and O–H groups in total. The van der Waals surface area contributed by atoms with Crippen LogP contribution in [0.3, 0.4) is 0 Å². The summed E-state index contributed by atoms with van der Waals surface area (Å²) in [6, 6.07) is 19.3. The summed E-state index contributed by atoms with van der Waals surface area (Å²) in [5.41, 5.74) is 1.79. The van der Waals surface area contributed by atoms with Gasteiger partial charge in [-0.2, -0.15) is 0 Å². The van der Waals surface area contributed by atoms with Crippen LogP contribution in [0.2, 0.25) is 0 Å². The van der Waals surface area contributed by atoms with Gasteiger partial charge in [0.05, 0.1) is 20.3 Å². The molecule has 1 fully saturated rings. The molecule has 24 heavy (non-hydrogen) atoms. The Morgan fingerprint density at radius 3 is 2.21 bits per heavy atom. The molecule has 124 valence electrons. The van der Waals surface area contributed by atoms with E-state index in [-0.39, 0.29) is 0 Å². The second-order valence-electron chi connectivity index (χ2n) is 5.50. The summed E-state index contributed by atoms with van der Waals surface area (Å²) in [6.07, 6.45) is 3.68. The number of carbonyl (C=O) groups excluding carboxylic acids is 1. The summed E-state index contributed by atoms with van der Waals surface area (Å²) < 4.78 is 16.9. The van der Waals surface area contributed by atoms with Gasteiger partial charge in [0.25, 0.3) is 0 Å². The minimum Gasteiger partial charge on any atom is -0.468 e. The van der Waals surface area contributed by atoms with E-state index in [9.17, 15) is 4.79 Å². The summed E-state index contributed by atoms with van der Waals surface area (Å²) in [6.45, 7) is 0.864. The molecule has 1 aliphatic heterocycles. The maximum atomic E-state index is 12.5. The fourth-order valence-electron chi connectivity index (χ4n) is 2.88. The molecule has 0 unspecified atom stereocenters. The summed E-state index contributed by atoms with van der Waals surface area (Å²) in [4.78, 5) is 12.5. The zero-order valence-corrected chi connectivity index (χ0v) is 13.6. The molecule has 0 radical (unpaired) electrons. The van der Waals surface area contributed by atoms with Crippen molar-refractivity contribution in [2.45, 2.75) is 5.79 Å². The van der Waals surface area contributed by atoms with E-state index in [2.05, 4.69) is 0 Å². The van der Waals surface area contributed by atoms with E-state index in [0.29, 0.717) is 13.2 Å². The van der Waals surface area contributed by atoms with Gasteiger partial charge in [0.15, 0.2) is 0 Å². The molecule has 3 rings (SSSR count). The van der Waals surface area contributed by atoms with Gasteiger partial charge in [0.2, 0.25) is 5.79 Å². The van der Waals surface area contributed by atoms with Crippen LogP contribution in [0.1, 0.15) is 11.1 Å². The van der Waals surface area contributed by atoms with Gasteiger partial charge in [-0.25, -0.2) is 0 Å². The second-order valence-corrected chi connectivity index (χ2v) is 5.50. The zero-order valence-electron chi connectivity index (χ0n) is 13.6. The van der Waals surface area contributed by atoms with E-state index in [1.165, 1.54) is 7.11 Å². The predicted molar refractivity (Wildman–Crippen MR) is 91.0 cm³/mol. The molecule has 1 atom stereocenters. The topological polar surface area (TPSA) is 44.8 Å². The lowest BCUT2D eigenvalue weighted by Crippen LogP contribution is -2.40. The molecular formula is C20H20O4. The Balaban J connectivity index is 2.00. The number of hydrogen-bond donors (Lipinski definition) is 0. The number of ether oxygens (including phenoxy) is 3. The maximum absolute atomic E-state index is 12.5. The van der Waals surface area contributed by atoms with Crippen LogP contribution in [0.4, 0.5) is 0 Å². The highest BCUT2D eigenvalue weighted by molar-refractivity contribution is 5.77. The first kappa shape index (κ1) is 16.4. The van der Waals surface area contributed by atoms with Gasteiger partial charge in [-0.05, 0) is 5.56 Å². The minimum atomic E-state index is -1.15. The predicted octanol–water partition coefficient (Wildman–Crippen LogP) is 3.39. The number of hydrogen-bond acceptors (Lipinski definition) is 4. The molecule has 1 aliphatic rings. The molecule has 2 aromatic rings. The molecular weight excluding hydrogens is 304 g/mol. The van der Waals surface area contributed by atoms with Gasteiger partial charge < -0.3 is 14.2 Å². The van der Waals surface area contributed by atoms with E-state index < -0.39 is 17.7 Å². The van der Waals surface area contributed by atoms with Crippen LogP contribution in [-0.2, 0) is 24.8 Å². The van der Waals surface area contributed by atoms with Crippen molar-refractivity contribution in [3.8, 4) is 0 Å². The van der Waals surface area contributed by atoms with Crippen LogP contribution < -0.4 is 0 Å². The molecule has 0 aliphatic carbocycles. The van der Waals surface area contributed by atoms with E-state index >= 15 is 0 Å². The molecule has 0 spiro atoms. The Hall–Kier alpha value is -2.43. The summed E-state index contributed by atoms with van der Waals surface area (Å²) >= 11 is 0. The zero-order chi connectivity index (χ0) is 16.8. The Labute approximate surface area is 141 Å². The first-order valence-electron chi connectivity index (χ1n) is 7.91. The summed E-state index contributed by atoms with van der Waals surface area (Å²) in [5, 5.41) is 0. The smallest absolute Gasteiger partial charge is 0.318 e. The van der Waals surface area contributed by atoms with Gasteiger partial charge in [0, 0.05) is 5.56 Å².